The van der Waals surface area contributed by atoms with Crippen molar-refractivity contribution >= 4 is 5.91 Å². The Morgan fingerprint density at radius 2 is 0.958 bits per heavy atom. The molecule has 0 aromatic carbocycles. The van der Waals surface area contributed by atoms with Gasteiger partial charge in [-0.3, -0.25) is 4.79 Å². The summed E-state index contributed by atoms with van der Waals surface area (Å²) in [5, 5.41) is 86.9. The normalized spacial score (nSPS) is 26.0. The first-order chi connectivity index (χ1) is 34.6. The van der Waals surface area contributed by atoms with Gasteiger partial charge >= 0.3 is 0 Å². The molecule has 2 fully saturated rings. The summed E-state index contributed by atoms with van der Waals surface area (Å²) in [5.41, 5.74) is 0. The number of carbonyl (C=O) groups excluding carboxylic acids is 1. The Balaban J connectivity index is 1.76. The lowest BCUT2D eigenvalue weighted by Crippen LogP contribution is -2.65. The highest BCUT2D eigenvalue weighted by molar-refractivity contribution is 5.76. The molecule has 416 valence electrons. The monoisotopic (exact) mass is 1010 g/mol. The van der Waals surface area contributed by atoms with Gasteiger partial charge in [0.15, 0.2) is 12.6 Å². The van der Waals surface area contributed by atoms with E-state index in [0.717, 1.165) is 70.6 Å². The van der Waals surface area contributed by atoms with Crippen molar-refractivity contribution in [3.05, 3.63) is 36.5 Å². The Morgan fingerprint density at radius 1 is 0.507 bits per heavy atom. The van der Waals surface area contributed by atoms with E-state index in [1.54, 1.807) is 6.08 Å². The van der Waals surface area contributed by atoms with Crippen molar-refractivity contribution < 1.29 is 64.6 Å². The summed E-state index contributed by atoms with van der Waals surface area (Å²) in [6.45, 7) is 2.73. The molecule has 0 radical (unpaired) electrons. The maximum Gasteiger partial charge on any atom is 0.220 e. The van der Waals surface area contributed by atoms with Crippen LogP contribution in [0.4, 0.5) is 0 Å². The first-order valence-corrected chi connectivity index (χ1v) is 28.7. The molecular formula is C57H105NO13. The maximum absolute atomic E-state index is 13.2. The molecule has 12 unspecified atom stereocenters. The van der Waals surface area contributed by atoms with Gasteiger partial charge in [0.2, 0.25) is 5.91 Å². The second-order valence-electron chi connectivity index (χ2n) is 20.4. The van der Waals surface area contributed by atoms with E-state index in [2.05, 4.69) is 43.5 Å². The van der Waals surface area contributed by atoms with Crippen LogP contribution >= 0.6 is 0 Å². The number of unbranched alkanes of at least 4 members (excludes halogenated alkanes) is 28. The quantitative estimate of drug-likeness (QED) is 0.0205. The molecule has 2 heterocycles. The van der Waals surface area contributed by atoms with Gasteiger partial charge in [-0.2, -0.15) is 0 Å². The lowest BCUT2D eigenvalue weighted by molar-refractivity contribution is -0.359. The van der Waals surface area contributed by atoms with Crippen LogP contribution in [0.25, 0.3) is 0 Å². The van der Waals surface area contributed by atoms with Crippen LogP contribution in [0.3, 0.4) is 0 Å². The van der Waals surface area contributed by atoms with Crippen molar-refractivity contribution in [2.45, 2.75) is 299 Å². The summed E-state index contributed by atoms with van der Waals surface area (Å²) < 4.78 is 22.7. The Morgan fingerprint density at radius 3 is 1.46 bits per heavy atom. The van der Waals surface area contributed by atoms with Gasteiger partial charge in [-0.1, -0.05) is 211 Å². The van der Waals surface area contributed by atoms with Crippen LogP contribution in [0.15, 0.2) is 36.5 Å². The highest BCUT2D eigenvalue weighted by atomic mass is 16.7. The third-order valence-electron chi connectivity index (χ3n) is 14.1. The average molecular weight is 1010 g/mol. The number of allylic oxidation sites excluding steroid dienone is 5. The fourth-order valence-corrected chi connectivity index (χ4v) is 9.39. The Bertz CT molecular complexity index is 1330. The number of ether oxygens (including phenoxy) is 4. The van der Waals surface area contributed by atoms with Crippen molar-refractivity contribution in [3.8, 4) is 0 Å². The predicted octanol–water partition coefficient (Wildman–Crippen LogP) is 9.05. The van der Waals surface area contributed by atoms with Gasteiger partial charge in [0.25, 0.3) is 0 Å². The molecule has 14 heteroatoms. The zero-order chi connectivity index (χ0) is 51.7. The summed E-state index contributed by atoms with van der Waals surface area (Å²) in [7, 11) is 0. The predicted molar refractivity (Wildman–Crippen MR) is 281 cm³/mol. The fraction of sp³-hybridized carbons (Fsp3) is 0.877. The van der Waals surface area contributed by atoms with E-state index in [1.165, 1.54) is 128 Å². The van der Waals surface area contributed by atoms with E-state index >= 15 is 0 Å². The molecule has 2 rings (SSSR count). The minimum atomic E-state index is -1.79. The number of hydrogen-bond acceptors (Lipinski definition) is 13. The van der Waals surface area contributed by atoms with Gasteiger partial charge in [0, 0.05) is 6.42 Å². The molecule has 0 saturated carbocycles. The molecule has 0 bridgehead atoms. The van der Waals surface area contributed by atoms with Crippen molar-refractivity contribution in [1.82, 2.24) is 5.32 Å². The van der Waals surface area contributed by atoms with Gasteiger partial charge in [0.05, 0.1) is 32.0 Å². The molecule has 2 aliphatic heterocycles. The lowest BCUT2D eigenvalue weighted by atomic mass is 9.97. The zero-order valence-electron chi connectivity index (χ0n) is 44.5. The SMILES string of the molecule is CCC/C=C\C/C=C\CCCCCCCC(=O)NC(COC1OC(CO)C(OC2OC(CO)C(O)C(O)C2O)C(O)C1O)C(O)/C=C/CCCCCCCCCCCCCCCCCCCCCCCC. The number of nitrogens with one attached hydrogen (secondary N) is 1. The summed E-state index contributed by atoms with van der Waals surface area (Å²) in [5.74, 6) is -0.254. The van der Waals surface area contributed by atoms with Crippen molar-refractivity contribution in [2.75, 3.05) is 19.8 Å². The number of hydrogen-bond donors (Lipinski definition) is 9. The van der Waals surface area contributed by atoms with E-state index in [1.807, 2.05) is 6.08 Å². The summed E-state index contributed by atoms with van der Waals surface area (Å²) in [6, 6.07) is -0.921. The standard InChI is InChI=1S/C57H105NO13/c1-3-5-7-9-11-13-15-17-18-19-20-21-22-23-24-25-26-27-29-30-32-34-36-38-40-46(61)45(58-49(62)41-39-37-35-33-31-28-16-14-12-10-8-6-4-2)44-68-56-54(67)52(65)55(48(43-60)70-56)71-57-53(66)51(64)50(63)47(42-59)69-57/h8,10,14,16,38,40,45-48,50-57,59-61,63-67H,3-7,9,11-13,15,17-37,39,41-44H2,1-2H3,(H,58,62)/b10-8-,16-14-,40-38+. The summed E-state index contributed by atoms with van der Waals surface area (Å²) >= 11 is 0. The molecule has 2 aliphatic rings. The van der Waals surface area contributed by atoms with Crippen LogP contribution in [-0.4, -0.2) is 140 Å². The molecule has 2 saturated heterocycles. The van der Waals surface area contributed by atoms with E-state index < -0.39 is 86.8 Å². The van der Waals surface area contributed by atoms with Crippen molar-refractivity contribution in [3.63, 3.8) is 0 Å². The minimum Gasteiger partial charge on any atom is -0.394 e. The third kappa shape index (κ3) is 29.8. The molecule has 0 aromatic rings. The first kappa shape index (κ1) is 65.3. The molecule has 14 nitrogen and oxygen atoms in total. The fourth-order valence-electron chi connectivity index (χ4n) is 9.39. The number of aliphatic hydroxyl groups excluding tert-OH is 8. The number of aliphatic hydroxyl groups is 8. The van der Waals surface area contributed by atoms with Gasteiger partial charge in [0.1, 0.15) is 48.8 Å². The molecule has 1 amide bonds. The van der Waals surface area contributed by atoms with E-state index in [4.69, 9.17) is 18.9 Å². The third-order valence-corrected chi connectivity index (χ3v) is 14.1. The minimum absolute atomic E-state index is 0.254. The molecule has 0 aromatic heterocycles. The van der Waals surface area contributed by atoms with E-state index in [9.17, 15) is 45.6 Å². The number of amides is 1. The Labute approximate surface area is 430 Å². The largest absolute Gasteiger partial charge is 0.394 e. The van der Waals surface area contributed by atoms with E-state index in [-0.39, 0.29) is 18.9 Å². The molecular weight excluding hydrogens is 907 g/mol. The van der Waals surface area contributed by atoms with Crippen LogP contribution in [-0.2, 0) is 23.7 Å². The van der Waals surface area contributed by atoms with Crippen LogP contribution in [0.5, 0.6) is 0 Å². The summed E-state index contributed by atoms with van der Waals surface area (Å²) in [4.78, 5) is 13.2. The number of rotatable bonds is 45. The summed E-state index contributed by atoms with van der Waals surface area (Å²) in [6.07, 6.45) is 34.8. The Kier molecular flexibility index (Phi) is 40.0. The zero-order valence-corrected chi connectivity index (χ0v) is 44.5. The molecule has 0 aliphatic carbocycles. The average Bonchev–Trinajstić information content (AvgIpc) is 3.37. The molecule has 12 atom stereocenters. The van der Waals surface area contributed by atoms with Crippen LogP contribution < -0.4 is 5.32 Å². The lowest BCUT2D eigenvalue weighted by Gasteiger charge is -2.46. The number of carbonyl (C=O) groups is 1. The topological polar surface area (TPSA) is 228 Å². The van der Waals surface area contributed by atoms with Gasteiger partial charge in [-0.15, -0.1) is 0 Å². The Hall–Kier alpha value is -1.79. The van der Waals surface area contributed by atoms with Crippen LogP contribution in [0.2, 0.25) is 0 Å². The highest BCUT2D eigenvalue weighted by Gasteiger charge is 2.51. The second kappa shape index (κ2) is 43.4. The maximum atomic E-state index is 13.2. The van der Waals surface area contributed by atoms with Gasteiger partial charge in [-0.25, -0.2) is 0 Å². The molecule has 9 N–H and O–H groups in total. The van der Waals surface area contributed by atoms with Crippen LogP contribution in [0.1, 0.15) is 226 Å². The molecule has 0 spiro atoms. The molecule has 71 heavy (non-hydrogen) atoms. The van der Waals surface area contributed by atoms with Gasteiger partial charge < -0.3 is 65.1 Å². The van der Waals surface area contributed by atoms with Crippen LogP contribution in [0, 0.1) is 0 Å². The van der Waals surface area contributed by atoms with Crippen molar-refractivity contribution in [2.24, 2.45) is 0 Å². The second-order valence-corrected chi connectivity index (χ2v) is 20.4. The smallest absolute Gasteiger partial charge is 0.220 e. The van der Waals surface area contributed by atoms with E-state index in [0.29, 0.717) is 6.42 Å². The van der Waals surface area contributed by atoms with Gasteiger partial charge in [-0.05, 0) is 44.9 Å². The van der Waals surface area contributed by atoms with Crippen molar-refractivity contribution in [1.29, 1.82) is 0 Å². The highest BCUT2D eigenvalue weighted by Crippen LogP contribution is 2.30. The first-order valence-electron chi connectivity index (χ1n) is 28.7.